The van der Waals surface area contributed by atoms with E-state index in [4.69, 9.17) is 41.9 Å². The molecule has 46 heavy (non-hydrogen) atoms. The maximum absolute atomic E-state index is 13.8. The number of nitrogens with two attached hydrogens (primary N) is 4. The van der Waals surface area contributed by atoms with Crippen LogP contribution in [0.1, 0.15) is 116 Å². The minimum Gasteiger partial charge on any atom is -0.378 e. The molecule has 8 N–H and O–H groups in total. The molecule has 0 aromatic rings. The van der Waals surface area contributed by atoms with Gasteiger partial charge in [-0.25, -0.2) is 0 Å². The Balaban J connectivity index is 1.22. The maximum Gasteiger partial charge on any atom is 0.139 e. The Bertz CT molecular complexity index is 720. The number of ketones is 1. The summed E-state index contributed by atoms with van der Waals surface area (Å²) in [5, 5.41) is 0. The fraction of sp³-hybridized carbons (Fsp3) is 0.973. The zero-order valence-corrected chi connectivity index (χ0v) is 29.0. The summed E-state index contributed by atoms with van der Waals surface area (Å²) in [6, 6.07) is 0. The van der Waals surface area contributed by atoms with Crippen molar-refractivity contribution in [3.63, 3.8) is 0 Å². The Hall–Kier alpha value is -0.650. The van der Waals surface area contributed by atoms with E-state index in [1.807, 2.05) is 0 Å². The fourth-order valence-corrected chi connectivity index (χ4v) is 9.25. The average Bonchev–Trinajstić information content (AvgIpc) is 3.08. The predicted octanol–water partition coefficient (Wildman–Crippen LogP) is 4.70. The van der Waals surface area contributed by atoms with Crippen LogP contribution in [0.5, 0.6) is 0 Å². The van der Waals surface area contributed by atoms with E-state index in [1.165, 1.54) is 25.7 Å². The van der Waals surface area contributed by atoms with Gasteiger partial charge < -0.3 is 41.9 Å². The lowest BCUT2D eigenvalue weighted by Crippen LogP contribution is -2.39. The number of hydrogen-bond acceptors (Lipinski definition) is 9. The molecule has 9 nitrogen and oxygen atoms in total. The Morgan fingerprint density at radius 1 is 0.413 bits per heavy atom. The lowest BCUT2D eigenvalue weighted by molar-refractivity contribution is -0.130. The molecule has 0 aromatic carbocycles. The smallest absolute Gasteiger partial charge is 0.139 e. The molecule has 9 heteroatoms. The number of Topliss-reactive ketones (excluding diaryl/α,β-unsaturated/α-hetero) is 1. The van der Waals surface area contributed by atoms with Crippen LogP contribution in [0.3, 0.4) is 0 Å². The molecule has 0 bridgehead atoms. The van der Waals surface area contributed by atoms with Crippen LogP contribution in [-0.4, -0.2) is 82.8 Å². The van der Waals surface area contributed by atoms with Gasteiger partial charge in [0, 0.05) is 38.3 Å². The van der Waals surface area contributed by atoms with Crippen LogP contribution in [0, 0.1) is 35.5 Å². The summed E-state index contributed by atoms with van der Waals surface area (Å²) < 4.78 is 25.1. The van der Waals surface area contributed by atoms with Gasteiger partial charge in [-0.3, -0.25) is 4.79 Å². The van der Waals surface area contributed by atoms with E-state index in [2.05, 4.69) is 0 Å². The molecule has 0 heterocycles. The van der Waals surface area contributed by atoms with Gasteiger partial charge in [0.25, 0.3) is 0 Å². The van der Waals surface area contributed by atoms with Gasteiger partial charge in [0.15, 0.2) is 0 Å². The maximum atomic E-state index is 13.8. The van der Waals surface area contributed by atoms with Crippen molar-refractivity contribution in [1.82, 2.24) is 0 Å². The van der Waals surface area contributed by atoms with Crippen LogP contribution in [0.15, 0.2) is 0 Å². The summed E-state index contributed by atoms with van der Waals surface area (Å²) in [4.78, 5) is 13.8. The summed E-state index contributed by atoms with van der Waals surface area (Å²) >= 11 is 0. The molecule has 4 saturated carbocycles. The third-order valence-corrected chi connectivity index (χ3v) is 11.8. The minimum atomic E-state index is 0.255. The lowest BCUT2D eigenvalue weighted by atomic mass is 9.65. The standard InChI is InChI=1S/C37H70N4O5/c38-13-1-17-43-33-21-31(22-34(25-33)44-18-2-14-39)27-5-9-29(10-6-27)37(42)30-11-7-28(8-12-30)32-23-35(45-19-3-15-40)26-36(24-32)46-20-4-16-41/h27-36H,1-26,38-41H2. The monoisotopic (exact) mass is 651 g/mol. The van der Waals surface area contributed by atoms with Crippen LogP contribution >= 0.6 is 0 Å². The number of rotatable bonds is 20. The molecule has 4 unspecified atom stereocenters. The Labute approximate surface area is 280 Å². The van der Waals surface area contributed by atoms with Crippen LogP contribution in [-0.2, 0) is 23.7 Å². The zero-order chi connectivity index (χ0) is 32.6. The SMILES string of the molecule is NCCCOC1CC(OCCCN)CC(C2CCC(C(=O)C3CCC(C4CC(OCCCN)CC(OCCCN)C4)CC3)CC2)C1. The number of carbonyl (C=O) groups excluding carboxylic acids is 1. The lowest BCUT2D eigenvalue weighted by Gasteiger charge is -2.42. The van der Waals surface area contributed by atoms with Crippen molar-refractivity contribution in [1.29, 1.82) is 0 Å². The predicted molar refractivity (Wildman–Crippen MR) is 184 cm³/mol. The molecular weight excluding hydrogens is 580 g/mol. The van der Waals surface area contributed by atoms with Crippen molar-refractivity contribution < 1.29 is 23.7 Å². The molecule has 268 valence electrons. The summed E-state index contributed by atoms with van der Waals surface area (Å²) in [6.45, 7) is 5.62. The number of carbonyl (C=O) groups is 1. The number of ether oxygens (including phenoxy) is 4. The Morgan fingerprint density at radius 3 is 0.957 bits per heavy atom. The van der Waals surface area contributed by atoms with E-state index < -0.39 is 0 Å². The van der Waals surface area contributed by atoms with Gasteiger partial charge in [0.1, 0.15) is 5.78 Å². The van der Waals surface area contributed by atoms with E-state index in [1.54, 1.807) is 0 Å². The van der Waals surface area contributed by atoms with Gasteiger partial charge in [-0.2, -0.15) is 0 Å². The molecule has 0 aliphatic heterocycles. The van der Waals surface area contributed by atoms with Crippen LogP contribution < -0.4 is 22.9 Å². The van der Waals surface area contributed by atoms with Crippen molar-refractivity contribution in [2.45, 2.75) is 140 Å². The topological polar surface area (TPSA) is 158 Å². The normalized spacial score (nSPS) is 35.7. The quantitative estimate of drug-likeness (QED) is 0.137. The molecule has 0 aromatic heterocycles. The first-order chi connectivity index (χ1) is 22.5. The Kier molecular flexibility index (Phi) is 17.8. The second-order valence-corrected chi connectivity index (χ2v) is 15.1. The fourth-order valence-electron chi connectivity index (χ4n) is 9.25. The van der Waals surface area contributed by atoms with Crippen molar-refractivity contribution in [2.24, 2.45) is 58.4 Å². The molecule has 4 rings (SSSR count). The molecule has 4 aliphatic rings. The summed E-state index contributed by atoms with van der Waals surface area (Å²) in [6.07, 6.45) is 20.0. The third-order valence-electron chi connectivity index (χ3n) is 11.8. The molecule has 0 amide bonds. The third kappa shape index (κ3) is 12.3. The molecule has 0 saturated heterocycles. The minimum absolute atomic E-state index is 0.255. The van der Waals surface area contributed by atoms with Crippen molar-refractivity contribution in [3.05, 3.63) is 0 Å². The first kappa shape index (κ1) is 38.2. The highest BCUT2D eigenvalue weighted by Gasteiger charge is 2.41. The van der Waals surface area contributed by atoms with Crippen molar-refractivity contribution >= 4 is 5.78 Å². The van der Waals surface area contributed by atoms with Crippen molar-refractivity contribution in [2.75, 3.05) is 52.6 Å². The van der Waals surface area contributed by atoms with Crippen LogP contribution in [0.2, 0.25) is 0 Å². The molecular formula is C37H70N4O5. The van der Waals surface area contributed by atoms with E-state index >= 15 is 0 Å². The molecule has 4 fully saturated rings. The summed E-state index contributed by atoms with van der Waals surface area (Å²) in [5.74, 6) is 3.66. The van der Waals surface area contributed by atoms with Gasteiger partial charge in [0.2, 0.25) is 0 Å². The zero-order valence-electron chi connectivity index (χ0n) is 29.0. The Morgan fingerprint density at radius 2 is 0.696 bits per heavy atom. The van der Waals surface area contributed by atoms with Crippen LogP contribution in [0.25, 0.3) is 0 Å². The van der Waals surface area contributed by atoms with E-state index in [0.717, 1.165) is 116 Å². The second kappa shape index (κ2) is 21.4. The van der Waals surface area contributed by atoms with E-state index in [9.17, 15) is 4.79 Å². The molecule has 4 aliphatic carbocycles. The van der Waals surface area contributed by atoms with E-state index in [-0.39, 0.29) is 36.3 Å². The molecule has 4 atom stereocenters. The van der Waals surface area contributed by atoms with Gasteiger partial charge >= 0.3 is 0 Å². The van der Waals surface area contributed by atoms with Crippen LogP contribution in [0.4, 0.5) is 0 Å². The highest BCUT2D eigenvalue weighted by molar-refractivity contribution is 5.83. The average molecular weight is 651 g/mol. The van der Waals surface area contributed by atoms with Gasteiger partial charge in [-0.05, 0) is 165 Å². The van der Waals surface area contributed by atoms with Gasteiger partial charge in [-0.15, -0.1) is 0 Å². The van der Waals surface area contributed by atoms with Gasteiger partial charge in [0.05, 0.1) is 24.4 Å². The highest BCUT2D eigenvalue weighted by atomic mass is 16.5. The second-order valence-electron chi connectivity index (χ2n) is 15.1. The summed E-state index contributed by atoms with van der Waals surface area (Å²) in [7, 11) is 0. The highest BCUT2D eigenvalue weighted by Crippen LogP contribution is 2.45. The molecule has 0 radical (unpaired) electrons. The number of hydrogen-bond donors (Lipinski definition) is 4. The van der Waals surface area contributed by atoms with E-state index in [0.29, 0.717) is 55.6 Å². The largest absolute Gasteiger partial charge is 0.378 e. The first-order valence-electron chi connectivity index (χ1n) is 19.3. The van der Waals surface area contributed by atoms with Gasteiger partial charge in [-0.1, -0.05) is 0 Å². The molecule has 0 spiro atoms. The first-order valence-corrected chi connectivity index (χ1v) is 19.3. The summed E-state index contributed by atoms with van der Waals surface area (Å²) in [5.41, 5.74) is 22.9. The van der Waals surface area contributed by atoms with Crippen molar-refractivity contribution in [3.8, 4) is 0 Å².